The molecular weight excluding hydrogens is 602 g/mol. The second kappa shape index (κ2) is 13.6. The number of H-pyrrole nitrogens is 1. The van der Waals surface area contributed by atoms with E-state index in [9.17, 15) is 14.4 Å². The van der Waals surface area contributed by atoms with Crippen LogP contribution in [0, 0.1) is 18.8 Å². The molecule has 42 heavy (non-hydrogen) atoms. The molecule has 3 aromatic rings. The smallest absolute Gasteiger partial charge is 0.407 e. The maximum absolute atomic E-state index is 14.0. The number of hydrogen-bond donors (Lipinski definition) is 3. The molecule has 1 aromatic heterocycles. The Hall–Kier alpha value is -3.64. The van der Waals surface area contributed by atoms with Crippen molar-refractivity contribution in [3.63, 3.8) is 0 Å². The van der Waals surface area contributed by atoms with Gasteiger partial charge in [-0.25, -0.2) is 14.8 Å². The normalized spacial score (nSPS) is 17.8. The fourth-order valence-electron chi connectivity index (χ4n) is 5.02. The molecule has 3 amide bonds. The lowest BCUT2D eigenvalue weighted by molar-refractivity contribution is -0.130. The van der Waals surface area contributed by atoms with Gasteiger partial charge in [-0.05, 0) is 118 Å². The number of nitrogens with one attached hydrogen (secondary N) is 2. The molecule has 12 heteroatoms. The predicted molar refractivity (Wildman–Crippen MR) is 162 cm³/mol. The Morgan fingerprint density at radius 3 is 2.40 bits per heavy atom. The van der Waals surface area contributed by atoms with Crippen LogP contribution in [-0.2, 0) is 20.7 Å². The number of aromatic nitrogens is 4. The Labute approximate surface area is 254 Å². The van der Waals surface area contributed by atoms with Gasteiger partial charge in [-0.2, -0.15) is 0 Å². The monoisotopic (exact) mass is 639 g/mol. The summed E-state index contributed by atoms with van der Waals surface area (Å²) < 4.78 is 6.26. The first-order valence-corrected chi connectivity index (χ1v) is 14.9. The standard InChI is InChI=1S/C30H38BrN7O4/c1-18-5-6-20(15-24(18)31)16-25(32)28(40)38(23-13-11-21(12-14-23)26-34-36-37-35-26)27(39)22-9-7-19(8-10-22)17-33-29(41)42-30(2,3)4/h5-6,11-15,19,22,25H,7-10,16-17,32H2,1-4H3,(H,33,41)(H,34,35,36,37)/t19-,22-,25-/m0/s1. The molecule has 1 aliphatic rings. The third-order valence-corrected chi connectivity index (χ3v) is 8.18. The van der Waals surface area contributed by atoms with Crippen LogP contribution in [0.5, 0.6) is 0 Å². The van der Waals surface area contributed by atoms with Gasteiger partial charge in [-0.1, -0.05) is 28.1 Å². The number of halogens is 1. The number of rotatable bonds is 8. The van der Waals surface area contributed by atoms with Crippen LogP contribution < -0.4 is 16.0 Å². The number of amides is 3. The second-order valence-electron chi connectivity index (χ2n) is 11.8. The highest BCUT2D eigenvalue weighted by Crippen LogP contribution is 2.32. The van der Waals surface area contributed by atoms with Crippen molar-refractivity contribution < 1.29 is 19.1 Å². The average Bonchev–Trinajstić information content (AvgIpc) is 3.49. The minimum Gasteiger partial charge on any atom is -0.444 e. The number of hydrogen-bond acceptors (Lipinski definition) is 8. The summed E-state index contributed by atoms with van der Waals surface area (Å²) in [5, 5.41) is 16.7. The lowest BCUT2D eigenvalue weighted by atomic mass is 9.81. The fraction of sp³-hybridized carbons (Fsp3) is 0.467. The molecule has 0 aliphatic heterocycles. The number of nitrogens with two attached hydrogens (primary N) is 1. The lowest BCUT2D eigenvalue weighted by Gasteiger charge is -2.32. The zero-order valence-corrected chi connectivity index (χ0v) is 26.0. The summed E-state index contributed by atoms with van der Waals surface area (Å²) in [4.78, 5) is 41.1. The van der Waals surface area contributed by atoms with Crippen LogP contribution in [0.15, 0.2) is 46.9 Å². The Kier molecular flexibility index (Phi) is 10.1. The van der Waals surface area contributed by atoms with Crippen LogP contribution in [0.3, 0.4) is 0 Å². The molecule has 4 rings (SSSR count). The molecule has 1 aliphatic carbocycles. The fourth-order valence-corrected chi connectivity index (χ4v) is 5.45. The quantitative estimate of drug-likeness (QED) is 0.320. The molecular formula is C30H38BrN7O4. The van der Waals surface area contributed by atoms with Crippen LogP contribution in [0.25, 0.3) is 11.4 Å². The molecule has 0 bridgehead atoms. The zero-order valence-electron chi connectivity index (χ0n) is 24.4. The van der Waals surface area contributed by atoms with Crippen LogP contribution in [0.2, 0.25) is 0 Å². The summed E-state index contributed by atoms with van der Waals surface area (Å²) in [6.07, 6.45) is 2.53. The van der Waals surface area contributed by atoms with Crippen molar-refractivity contribution >= 4 is 39.5 Å². The third kappa shape index (κ3) is 8.22. The average molecular weight is 641 g/mol. The van der Waals surface area contributed by atoms with Crippen molar-refractivity contribution in [1.82, 2.24) is 25.9 Å². The first-order chi connectivity index (χ1) is 19.9. The summed E-state index contributed by atoms with van der Waals surface area (Å²) in [5.74, 6) is -0.369. The highest BCUT2D eigenvalue weighted by molar-refractivity contribution is 9.10. The zero-order chi connectivity index (χ0) is 30.4. The van der Waals surface area contributed by atoms with Gasteiger partial charge in [0, 0.05) is 22.5 Å². The molecule has 0 radical (unpaired) electrons. The highest BCUT2D eigenvalue weighted by atomic mass is 79.9. The number of imide groups is 1. The topological polar surface area (TPSA) is 156 Å². The predicted octanol–water partition coefficient (Wildman–Crippen LogP) is 4.70. The maximum atomic E-state index is 14.0. The lowest BCUT2D eigenvalue weighted by Crippen LogP contribution is -2.50. The van der Waals surface area contributed by atoms with E-state index < -0.39 is 23.6 Å². The Morgan fingerprint density at radius 1 is 1.12 bits per heavy atom. The van der Waals surface area contributed by atoms with Crippen LogP contribution in [0.4, 0.5) is 10.5 Å². The maximum Gasteiger partial charge on any atom is 0.407 e. The van der Waals surface area contributed by atoms with Crippen molar-refractivity contribution in [3.05, 3.63) is 58.1 Å². The number of aryl methyl sites for hydroxylation is 1. The van der Waals surface area contributed by atoms with Crippen molar-refractivity contribution in [3.8, 4) is 11.4 Å². The summed E-state index contributed by atoms with van der Waals surface area (Å²) in [7, 11) is 0. The van der Waals surface area contributed by atoms with Crippen molar-refractivity contribution in [1.29, 1.82) is 0 Å². The van der Waals surface area contributed by atoms with Gasteiger partial charge < -0.3 is 15.8 Å². The number of benzene rings is 2. The van der Waals surface area contributed by atoms with Gasteiger partial charge in [0.1, 0.15) is 5.60 Å². The van der Waals surface area contributed by atoms with Crippen molar-refractivity contribution in [2.45, 2.75) is 71.4 Å². The van der Waals surface area contributed by atoms with Crippen molar-refractivity contribution in [2.75, 3.05) is 11.4 Å². The van der Waals surface area contributed by atoms with Crippen LogP contribution in [-0.4, -0.2) is 56.7 Å². The number of alkyl carbamates (subject to hydrolysis) is 1. The van der Waals surface area contributed by atoms with Crippen molar-refractivity contribution in [2.24, 2.45) is 17.6 Å². The van der Waals surface area contributed by atoms with E-state index in [2.05, 4.69) is 41.9 Å². The van der Waals surface area contributed by atoms with Gasteiger partial charge in [0.15, 0.2) is 5.82 Å². The minimum atomic E-state index is -0.920. The second-order valence-corrected chi connectivity index (χ2v) is 12.7. The van der Waals surface area contributed by atoms with E-state index in [1.807, 2.05) is 45.9 Å². The van der Waals surface area contributed by atoms with E-state index in [1.165, 1.54) is 4.90 Å². The Balaban J connectivity index is 1.47. The number of ether oxygens (including phenoxy) is 1. The van der Waals surface area contributed by atoms with Gasteiger partial charge >= 0.3 is 6.09 Å². The molecule has 11 nitrogen and oxygen atoms in total. The number of aromatic amines is 1. The number of tetrazole rings is 1. The third-order valence-electron chi connectivity index (χ3n) is 7.32. The van der Waals surface area contributed by atoms with Gasteiger partial charge in [0.25, 0.3) is 5.91 Å². The molecule has 1 saturated carbocycles. The first kappa shape index (κ1) is 31.3. The van der Waals surface area contributed by atoms with E-state index >= 15 is 0 Å². The molecule has 0 saturated heterocycles. The molecule has 1 heterocycles. The molecule has 4 N–H and O–H groups in total. The number of nitrogens with zero attached hydrogens (tertiary/aromatic N) is 4. The summed E-state index contributed by atoms with van der Waals surface area (Å²) in [5.41, 5.74) is 9.01. The number of carbonyl (C=O) groups is 3. The van der Waals surface area contributed by atoms with E-state index in [0.29, 0.717) is 30.9 Å². The first-order valence-electron chi connectivity index (χ1n) is 14.1. The summed E-state index contributed by atoms with van der Waals surface area (Å²) in [6.45, 7) is 7.93. The van der Waals surface area contributed by atoms with Gasteiger partial charge in [-0.15, -0.1) is 5.10 Å². The van der Waals surface area contributed by atoms with Gasteiger partial charge in [0.2, 0.25) is 5.91 Å². The van der Waals surface area contributed by atoms with E-state index in [0.717, 1.165) is 34.0 Å². The molecule has 0 unspecified atom stereocenters. The molecule has 224 valence electrons. The molecule has 0 spiro atoms. The summed E-state index contributed by atoms with van der Waals surface area (Å²) in [6, 6.07) is 11.9. The molecule has 2 aromatic carbocycles. The Bertz CT molecular complexity index is 1380. The van der Waals surface area contributed by atoms with Crippen LogP contribution >= 0.6 is 15.9 Å². The SMILES string of the molecule is Cc1ccc(C[C@H](N)C(=O)N(c2ccc(-c3nnn[nH]3)cc2)C(=O)[C@H]2CC[C@H](CNC(=O)OC(C)(C)C)CC2)cc1Br. The van der Waals surface area contributed by atoms with Crippen LogP contribution in [0.1, 0.15) is 57.6 Å². The van der Waals surface area contributed by atoms with Gasteiger partial charge in [0.05, 0.1) is 11.7 Å². The largest absolute Gasteiger partial charge is 0.444 e. The number of anilines is 1. The Morgan fingerprint density at radius 2 is 1.81 bits per heavy atom. The van der Waals surface area contributed by atoms with E-state index in [4.69, 9.17) is 10.5 Å². The van der Waals surface area contributed by atoms with E-state index in [1.54, 1.807) is 24.3 Å². The molecule has 1 fully saturated rings. The van der Waals surface area contributed by atoms with E-state index in [-0.39, 0.29) is 24.2 Å². The minimum absolute atomic E-state index is 0.225. The highest BCUT2D eigenvalue weighted by Gasteiger charge is 2.35. The number of carbonyl (C=O) groups excluding carboxylic acids is 3. The van der Waals surface area contributed by atoms with Gasteiger partial charge in [-0.3, -0.25) is 9.59 Å². The summed E-state index contributed by atoms with van der Waals surface area (Å²) >= 11 is 3.54. The molecule has 1 atom stereocenters.